The van der Waals surface area contributed by atoms with Crippen LogP contribution in [0.3, 0.4) is 0 Å². The molecule has 0 N–H and O–H groups in total. The molecule has 0 unspecified atom stereocenters. The summed E-state index contributed by atoms with van der Waals surface area (Å²) in [6.07, 6.45) is 2.96. The Morgan fingerprint density at radius 3 is 1.78 bits per heavy atom. The molecule has 0 amide bonds. The van der Waals surface area contributed by atoms with Crippen molar-refractivity contribution in [2.45, 2.75) is 34.5 Å². The van der Waals surface area contributed by atoms with Gasteiger partial charge in [-0.3, -0.25) is 0 Å². The van der Waals surface area contributed by atoms with Crippen molar-refractivity contribution in [3.05, 3.63) is 0 Å². The van der Waals surface area contributed by atoms with Gasteiger partial charge in [-0.15, -0.1) is 0 Å². The molecule has 0 fully saturated rings. The molecular formula is C6H14Hg2S. The molecule has 48 valence electrons. The van der Waals surface area contributed by atoms with Crippen LogP contribution in [0.5, 0.6) is 0 Å². The minimum atomic E-state index is -0.232. The van der Waals surface area contributed by atoms with Crippen molar-refractivity contribution in [1.82, 2.24) is 0 Å². The molecule has 0 aromatic carbocycles. The van der Waals surface area contributed by atoms with Crippen molar-refractivity contribution in [3.63, 3.8) is 0 Å². The fourth-order valence-electron chi connectivity index (χ4n) is 0.595. The van der Waals surface area contributed by atoms with E-state index in [9.17, 15) is 0 Å². The van der Waals surface area contributed by atoms with Gasteiger partial charge in [0.2, 0.25) is 0 Å². The monoisotopic (exact) mass is 522 g/mol. The van der Waals surface area contributed by atoms with E-state index in [2.05, 4.69) is 18.6 Å². The molecule has 3 heteroatoms. The van der Waals surface area contributed by atoms with Crippen LogP contribution in [0, 0.1) is 0 Å². The number of hydrogen-bond donors (Lipinski definition) is 0. The zero-order chi connectivity index (χ0) is 6.95. The van der Waals surface area contributed by atoms with Crippen molar-refractivity contribution in [2.75, 3.05) is 0 Å². The molecule has 0 aromatic heterocycles. The molecular weight excluding hydrogens is 505 g/mol. The van der Waals surface area contributed by atoms with Crippen molar-refractivity contribution >= 4 is 4.72 Å². The number of rotatable bonds is 6. The Labute approximate surface area is 84.0 Å². The van der Waals surface area contributed by atoms with Gasteiger partial charge in [-0.05, 0) is 0 Å². The van der Waals surface area contributed by atoms with Gasteiger partial charge in [0.1, 0.15) is 0 Å². The van der Waals surface area contributed by atoms with Crippen LogP contribution in [0.1, 0.15) is 26.7 Å². The van der Waals surface area contributed by atoms with Crippen molar-refractivity contribution in [1.29, 1.82) is 0 Å². The standard InChI is InChI=1S/2C3H7.2Hg.S/c2*1-3-2;;;/h2*1,3H2,2H3;;;. The number of hydrogen-bond acceptors (Lipinski definition) is 1. The molecule has 0 nitrogen and oxygen atoms in total. The maximum atomic E-state index is 2.55. The minimum absolute atomic E-state index is 0.232. The van der Waals surface area contributed by atoms with Crippen LogP contribution in [0.25, 0.3) is 0 Å². The van der Waals surface area contributed by atoms with Crippen molar-refractivity contribution in [2.24, 2.45) is 0 Å². The molecule has 0 aliphatic rings. The van der Waals surface area contributed by atoms with E-state index < -0.39 is 0 Å². The van der Waals surface area contributed by atoms with Crippen LogP contribution >= 0.6 is 4.72 Å². The van der Waals surface area contributed by atoms with Crippen LogP contribution < -0.4 is 0 Å². The van der Waals surface area contributed by atoms with Gasteiger partial charge in [0.25, 0.3) is 0 Å². The van der Waals surface area contributed by atoms with Crippen LogP contribution in [-0.4, -0.2) is 0 Å². The van der Waals surface area contributed by atoms with Gasteiger partial charge in [0.05, 0.1) is 0 Å². The summed E-state index contributed by atoms with van der Waals surface area (Å²) in [5.74, 6) is 0. The molecule has 0 spiro atoms. The van der Waals surface area contributed by atoms with Crippen LogP contribution in [0.4, 0.5) is 0 Å². The molecule has 0 aliphatic heterocycles. The first kappa shape index (κ1) is 11.2. The predicted octanol–water partition coefficient (Wildman–Crippen LogP) is 3.37. The van der Waals surface area contributed by atoms with Gasteiger partial charge >= 0.3 is 85.4 Å². The Balaban J connectivity index is 2.60. The molecule has 0 radical (unpaired) electrons. The van der Waals surface area contributed by atoms with Gasteiger partial charge in [0, 0.05) is 0 Å². The third kappa shape index (κ3) is 10.2. The fourth-order valence-corrected chi connectivity index (χ4v) is 78.3. The first-order valence-corrected chi connectivity index (χ1v) is 26.4. The summed E-state index contributed by atoms with van der Waals surface area (Å²) in [4.78, 5) is 0. The average molecular weight is 519 g/mol. The second kappa shape index (κ2) is 10.2. The molecule has 9 heavy (non-hydrogen) atoms. The molecule has 0 atom stereocenters. The van der Waals surface area contributed by atoms with Gasteiger partial charge in [-0.1, -0.05) is 0 Å². The van der Waals surface area contributed by atoms with E-state index >= 15 is 0 Å². The molecule has 0 heterocycles. The van der Waals surface area contributed by atoms with Gasteiger partial charge in [-0.2, -0.15) is 0 Å². The Morgan fingerprint density at radius 2 is 1.44 bits per heavy atom. The molecule has 0 saturated heterocycles. The molecule has 0 saturated carbocycles. The molecule has 0 rings (SSSR count). The second-order valence-corrected chi connectivity index (χ2v) is 65.1. The topological polar surface area (TPSA) is 0 Å². The zero-order valence-electron chi connectivity index (χ0n) is 6.65. The van der Waals surface area contributed by atoms with Crippen LogP contribution in [-0.2, 0) is 46.1 Å². The first-order valence-electron chi connectivity index (χ1n) is 3.99. The molecule has 0 bridgehead atoms. The Hall–Kier alpha value is 2.22. The first-order chi connectivity index (χ1) is 4.41. The summed E-state index contributed by atoms with van der Waals surface area (Å²) < 4.78 is 5.90. The summed E-state index contributed by atoms with van der Waals surface area (Å²) >= 11 is -0.464. The fraction of sp³-hybridized carbons (Fsp3) is 1.00. The van der Waals surface area contributed by atoms with E-state index in [-0.39, 0.29) is 46.1 Å². The van der Waals surface area contributed by atoms with E-state index in [0.717, 1.165) is 0 Å². The van der Waals surface area contributed by atoms with Gasteiger partial charge in [0.15, 0.2) is 0 Å². The van der Waals surface area contributed by atoms with E-state index in [1.54, 1.807) is 7.86 Å². The average Bonchev–Trinajstić information content (AvgIpc) is 1.89. The van der Waals surface area contributed by atoms with Crippen LogP contribution in [0.15, 0.2) is 0 Å². The van der Waals surface area contributed by atoms with E-state index in [0.29, 0.717) is 0 Å². The maximum absolute atomic E-state index is 2.55. The van der Waals surface area contributed by atoms with Crippen LogP contribution in [0.2, 0.25) is 7.86 Å². The molecule has 0 aromatic rings. The summed E-state index contributed by atoms with van der Waals surface area (Å²) in [5, 5.41) is 0. The summed E-state index contributed by atoms with van der Waals surface area (Å²) in [6, 6.07) is 0. The molecule has 0 aliphatic carbocycles. The SMILES string of the molecule is CC[CH2][Hg][S][Hg][CH2]CC. The Kier molecular flexibility index (Phi) is 12.7. The normalized spacial score (nSPS) is 8.22. The second-order valence-electron chi connectivity index (χ2n) is 2.32. The van der Waals surface area contributed by atoms with Crippen molar-refractivity contribution < 1.29 is 46.1 Å². The summed E-state index contributed by atoms with van der Waals surface area (Å²) in [6.45, 7) is 4.66. The van der Waals surface area contributed by atoms with E-state index in [1.807, 2.05) is 0 Å². The van der Waals surface area contributed by atoms with Crippen molar-refractivity contribution in [3.8, 4) is 0 Å². The Morgan fingerprint density at radius 1 is 1.00 bits per heavy atom. The van der Waals surface area contributed by atoms with E-state index in [1.165, 1.54) is 12.8 Å². The summed E-state index contributed by atoms with van der Waals surface area (Å²) in [5.41, 5.74) is 0. The van der Waals surface area contributed by atoms with Gasteiger partial charge < -0.3 is 0 Å². The summed E-state index contributed by atoms with van der Waals surface area (Å²) in [7, 11) is 0. The third-order valence-corrected chi connectivity index (χ3v) is 80.5. The third-order valence-electron chi connectivity index (χ3n) is 1.28. The quantitative estimate of drug-likeness (QED) is 0.383. The Bertz CT molecular complexity index is 44.3. The van der Waals surface area contributed by atoms with Gasteiger partial charge in [-0.25, -0.2) is 0 Å². The zero-order valence-corrected chi connectivity index (χ0v) is 18.5. The van der Waals surface area contributed by atoms with E-state index in [4.69, 9.17) is 0 Å². The predicted molar refractivity (Wildman–Crippen MR) is 37.8 cm³/mol.